The summed E-state index contributed by atoms with van der Waals surface area (Å²) in [6, 6.07) is 17.1. The molecule has 1 amide bonds. The van der Waals surface area contributed by atoms with Gasteiger partial charge < -0.3 is 14.6 Å². The number of fused-ring (bicyclic) bond motifs is 1. The van der Waals surface area contributed by atoms with Gasteiger partial charge in [-0.2, -0.15) is 0 Å². The first-order chi connectivity index (χ1) is 16.1. The predicted molar refractivity (Wildman–Crippen MR) is 132 cm³/mol. The fourth-order valence-corrected chi connectivity index (χ4v) is 5.00. The Hall–Kier alpha value is -2.77. The number of nitrogens with one attached hydrogen (secondary N) is 2. The third-order valence-corrected chi connectivity index (χ3v) is 6.79. The number of rotatable bonds is 10. The second kappa shape index (κ2) is 11.4. The summed E-state index contributed by atoms with van der Waals surface area (Å²) >= 11 is 1.51. The van der Waals surface area contributed by atoms with Gasteiger partial charge in [-0.15, -0.1) is 0 Å². The molecule has 0 spiro atoms. The van der Waals surface area contributed by atoms with E-state index in [1.165, 1.54) is 28.6 Å². The van der Waals surface area contributed by atoms with Crippen molar-refractivity contribution >= 4 is 17.9 Å². The average molecular weight is 465 g/mol. The number of carbonyl (C=O) groups excluding carboxylic acids is 1. The number of nitrogens with zero attached hydrogens (tertiary/aromatic N) is 2. The van der Waals surface area contributed by atoms with Crippen molar-refractivity contribution < 1.29 is 9.53 Å². The lowest BCUT2D eigenvalue weighted by molar-refractivity contribution is -0.121. The smallest absolute Gasteiger partial charge is 0.219 e. The number of carbonyl (C=O) groups is 1. The first-order valence-electron chi connectivity index (χ1n) is 11.6. The van der Waals surface area contributed by atoms with Gasteiger partial charge in [-0.25, -0.2) is 4.98 Å². The van der Waals surface area contributed by atoms with E-state index < -0.39 is 0 Å². The van der Waals surface area contributed by atoms with Crippen LogP contribution in [-0.2, 0) is 24.7 Å². The summed E-state index contributed by atoms with van der Waals surface area (Å²) in [6.45, 7) is 3.18. The van der Waals surface area contributed by atoms with Crippen LogP contribution >= 0.6 is 11.9 Å². The van der Waals surface area contributed by atoms with Crippen molar-refractivity contribution in [3.8, 4) is 5.75 Å². The zero-order valence-corrected chi connectivity index (χ0v) is 20.1. The Bertz CT molecular complexity index is 1050. The van der Waals surface area contributed by atoms with Crippen LogP contribution < -0.4 is 14.8 Å². The molecule has 33 heavy (non-hydrogen) atoms. The SMILES string of the molecule is CCC(=O)NC1CCc2ccc(OCCNSc3cn(C)cn3)cc2C1Cc1ccccc1. The maximum Gasteiger partial charge on any atom is 0.219 e. The Morgan fingerprint density at radius 1 is 1.24 bits per heavy atom. The third-order valence-electron chi connectivity index (χ3n) is 6.02. The number of hydrogen-bond donors (Lipinski definition) is 2. The molecule has 2 aromatic carbocycles. The second-order valence-corrected chi connectivity index (χ2v) is 9.36. The van der Waals surface area contributed by atoms with E-state index >= 15 is 0 Å². The lowest BCUT2D eigenvalue weighted by Gasteiger charge is -2.35. The maximum absolute atomic E-state index is 12.2. The van der Waals surface area contributed by atoms with Crippen LogP contribution in [0, 0.1) is 0 Å². The van der Waals surface area contributed by atoms with Crippen molar-refractivity contribution in [2.24, 2.45) is 7.05 Å². The van der Waals surface area contributed by atoms with Crippen LogP contribution in [-0.4, -0.2) is 34.7 Å². The Labute approximate surface area is 200 Å². The zero-order chi connectivity index (χ0) is 23.0. The molecule has 2 atom stereocenters. The fraction of sp³-hybridized carbons (Fsp3) is 0.385. The number of hydrogen-bond acceptors (Lipinski definition) is 5. The summed E-state index contributed by atoms with van der Waals surface area (Å²) in [6.07, 6.45) is 7.10. The van der Waals surface area contributed by atoms with Gasteiger partial charge in [0.25, 0.3) is 0 Å². The van der Waals surface area contributed by atoms with Crippen molar-refractivity contribution in [1.82, 2.24) is 19.6 Å². The molecule has 2 unspecified atom stereocenters. The Morgan fingerprint density at radius 2 is 2.09 bits per heavy atom. The van der Waals surface area contributed by atoms with E-state index in [9.17, 15) is 4.79 Å². The van der Waals surface area contributed by atoms with E-state index in [1.807, 2.05) is 30.8 Å². The highest BCUT2D eigenvalue weighted by molar-refractivity contribution is 7.97. The largest absolute Gasteiger partial charge is 0.492 e. The van der Waals surface area contributed by atoms with Gasteiger partial charge in [0.1, 0.15) is 17.4 Å². The summed E-state index contributed by atoms with van der Waals surface area (Å²) in [7, 11) is 1.96. The molecule has 174 valence electrons. The quantitative estimate of drug-likeness (QED) is 0.347. The molecule has 2 N–H and O–H groups in total. The maximum atomic E-state index is 12.2. The number of aromatic nitrogens is 2. The fourth-order valence-electron chi connectivity index (χ4n) is 4.34. The zero-order valence-electron chi connectivity index (χ0n) is 19.3. The van der Waals surface area contributed by atoms with Crippen molar-refractivity contribution in [2.45, 2.75) is 49.6 Å². The van der Waals surface area contributed by atoms with Gasteiger partial charge in [0.05, 0.1) is 6.33 Å². The van der Waals surface area contributed by atoms with Crippen molar-refractivity contribution in [3.05, 3.63) is 77.7 Å². The van der Waals surface area contributed by atoms with Crippen LogP contribution in [0.1, 0.15) is 42.4 Å². The molecule has 1 aliphatic carbocycles. The highest BCUT2D eigenvalue weighted by Gasteiger charge is 2.31. The predicted octanol–water partition coefficient (Wildman–Crippen LogP) is 4.26. The van der Waals surface area contributed by atoms with E-state index in [0.717, 1.165) is 30.0 Å². The number of benzene rings is 2. The summed E-state index contributed by atoms with van der Waals surface area (Å²) in [5.74, 6) is 1.22. The van der Waals surface area contributed by atoms with Crippen molar-refractivity contribution in [3.63, 3.8) is 0 Å². The van der Waals surface area contributed by atoms with Gasteiger partial charge in [0.2, 0.25) is 5.91 Å². The first kappa shape index (κ1) is 23.4. The van der Waals surface area contributed by atoms with E-state index in [1.54, 1.807) is 6.33 Å². The molecular formula is C26H32N4O2S. The minimum absolute atomic E-state index is 0.116. The van der Waals surface area contributed by atoms with Gasteiger partial charge in [-0.1, -0.05) is 43.3 Å². The van der Waals surface area contributed by atoms with Gasteiger partial charge in [-0.05, 0) is 60.0 Å². The van der Waals surface area contributed by atoms with E-state index in [0.29, 0.717) is 19.6 Å². The Balaban J connectivity index is 1.42. The van der Waals surface area contributed by atoms with E-state index in [2.05, 4.69) is 57.5 Å². The van der Waals surface area contributed by atoms with Crippen LogP contribution in [0.25, 0.3) is 0 Å². The van der Waals surface area contributed by atoms with Crippen molar-refractivity contribution in [1.29, 1.82) is 0 Å². The molecule has 1 aliphatic rings. The molecule has 1 heterocycles. The first-order valence-corrected chi connectivity index (χ1v) is 12.4. The number of ether oxygens (including phenoxy) is 1. The van der Waals surface area contributed by atoms with Crippen LogP contribution in [0.15, 0.2) is 66.1 Å². The van der Waals surface area contributed by atoms with Gasteiger partial charge >= 0.3 is 0 Å². The molecule has 7 heteroatoms. The standard InChI is InChI=1S/C26H32N4O2S/c1-3-25(31)29-24-12-10-20-9-11-21(32-14-13-28-33-26-17-30(2)18-27-26)16-22(20)23(24)15-19-7-5-4-6-8-19/h4-9,11,16-18,23-24,28H,3,10,12-15H2,1-2H3,(H,29,31). The summed E-state index contributed by atoms with van der Waals surface area (Å²) in [5, 5.41) is 4.22. The molecule has 0 fully saturated rings. The molecule has 4 rings (SSSR count). The number of imidazole rings is 1. The average Bonchev–Trinajstić information content (AvgIpc) is 3.25. The second-order valence-electron chi connectivity index (χ2n) is 8.45. The molecule has 0 aliphatic heterocycles. The monoisotopic (exact) mass is 464 g/mol. The highest BCUT2D eigenvalue weighted by Crippen LogP contribution is 2.36. The minimum Gasteiger partial charge on any atom is -0.492 e. The molecular weight excluding hydrogens is 432 g/mol. The third kappa shape index (κ3) is 6.39. The lowest BCUT2D eigenvalue weighted by atomic mass is 9.76. The Kier molecular flexibility index (Phi) is 8.07. The molecule has 0 saturated carbocycles. The molecule has 0 bridgehead atoms. The van der Waals surface area contributed by atoms with Crippen LogP contribution in [0.2, 0.25) is 0 Å². The topological polar surface area (TPSA) is 68.2 Å². The van der Waals surface area contributed by atoms with E-state index in [4.69, 9.17) is 4.74 Å². The summed E-state index contributed by atoms with van der Waals surface area (Å²) < 4.78 is 11.3. The molecule has 3 aromatic rings. The lowest BCUT2D eigenvalue weighted by Crippen LogP contribution is -2.42. The summed E-state index contributed by atoms with van der Waals surface area (Å²) in [4.78, 5) is 16.5. The number of amides is 1. The highest BCUT2D eigenvalue weighted by atomic mass is 32.2. The molecule has 1 aromatic heterocycles. The van der Waals surface area contributed by atoms with Gasteiger partial charge in [0.15, 0.2) is 0 Å². The molecule has 0 saturated heterocycles. The molecule has 0 radical (unpaired) electrons. The van der Waals surface area contributed by atoms with Crippen LogP contribution in [0.5, 0.6) is 5.75 Å². The van der Waals surface area contributed by atoms with Crippen LogP contribution in [0.4, 0.5) is 0 Å². The normalized spacial score (nSPS) is 17.4. The van der Waals surface area contributed by atoms with Crippen LogP contribution in [0.3, 0.4) is 0 Å². The summed E-state index contributed by atoms with van der Waals surface area (Å²) in [5.41, 5.74) is 3.93. The van der Waals surface area contributed by atoms with Crippen molar-refractivity contribution in [2.75, 3.05) is 13.2 Å². The van der Waals surface area contributed by atoms with Gasteiger partial charge in [0, 0.05) is 38.2 Å². The van der Waals surface area contributed by atoms with E-state index in [-0.39, 0.29) is 17.9 Å². The number of aryl methyl sites for hydroxylation is 2. The van der Waals surface area contributed by atoms with Gasteiger partial charge in [-0.3, -0.25) is 9.52 Å². The minimum atomic E-state index is 0.116. The molecule has 6 nitrogen and oxygen atoms in total. The Morgan fingerprint density at radius 3 is 2.85 bits per heavy atom.